The summed E-state index contributed by atoms with van der Waals surface area (Å²) in [5.74, 6) is 1.14. The van der Waals surface area contributed by atoms with Crippen LogP contribution in [0.1, 0.15) is 35.7 Å². The molecule has 1 aliphatic heterocycles. The number of methoxy groups -OCH3 is 2. The van der Waals surface area contributed by atoms with Gasteiger partial charge in [-0.25, -0.2) is 4.79 Å². The molecule has 0 bridgehead atoms. The second kappa shape index (κ2) is 8.27. The molecule has 2 fully saturated rings. The molecule has 1 saturated heterocycles. The molecule has 1 heterocycles. The Bertz CT molecular complexity index is 708. The average Bonchev–Trinajstić information content (AvgIpc) is 3.01. The van der Waals surface area contributed by atoms with Gasteiger partial charge in [0.25, 0.3) is 0 Å². The van der Waals surface area contributed by atoms with Crippen LogP contribution in [0.5, 0.6) is 5.75 Å². The number of esters is 1. The van der Waals surface area contributed by atoms with Gasteiger partial charge in [0.05, 0.1) is 31.9 Å². The Morgan fingerprint density at radius 2 is 1.93 bits per heavy atom. The first-order chi connectivity index (χ1) is 12.9. The molecule has 0 radical (unpaired) electrons. The third-order valence-corrected chi connectivity index (χ3v) is 5.70. The van der Waals surface area contributed by atoms with Gasteiger partial charge in [-0.15, -0.1) is 0 Å². The van der Waals surface area contributed by atoms with Gasteiger partial charge in [0.2, 0.25) is 5.91 Å². The first kappa shape index (κ1) is 19.6. The maximum atomic E-state index is 11.8. The van der Waals surface area contributed by atoms with E-state index in [0.29, 0.717) is 30.4 Å². The van der Waals surface area contributed by atoms with Crippen molar-refractivity contribution in [2.24, 2.45) is 11.8 Å². The summed E-state index contributed by atoms with van der Waals surface area (Å²) in [4.78, 5) is 25.5. The van der Waals surface area contributed by atoms with E-state index < -0.39 is 6.10 Å². The van der Waals surface area contributed by atoms with Crippen molar-refractivity contribution in [2.75, 3.05) is 27.3 Å². The molecule has 27 heavy (non-hydrogen) atoms. The summed E-state index contributed by atoms with van der Waals surface area (Å²) >= 11 is 0. The predicted octanol–water partition coefficient (Wildman–Crippen LogP) is 1.19. The van der Waals surface area contributed by atoms with Gasteiger partial charge in [-0.05, 0) is 42.9 Å². The fourth-order valence-electron chi connectivity index (χ4n) is 4.46. The molecule has 0 unspecified atom stereocenters. The fraction of sp³-hybridized carbons (Fsp3) is 0.600. The number of carbonyl (C=O) groups excluding carboxylic acids is 2. The van der Waals surface area contributed by atoms with Gasteiger partial charge in [0, 0.05) is 32.1 Å². The lowest BCUT2D eigenvalue weighted by atomic mass is 9.77. The number of carbonyl (C=O) groups is 2. The number of aliphatic hydroxyl groups is 1. The largest absolute Gasteiger partial charge is 0.496 e. The van der Waals surface area contributed by atoms with Crippen LogP contribution in [0.2, 0.25) is 0 Å². The zero-order chi connectivity index (χ0) is 19.6. The third kappa shape index (κ3) is 4.42. The highest BCUT2D eigenvalue weighted by Gasteiger charge is 2.41. The van der Waals surface area contributed by atoms with Crippen LogP contribution in [0.3, 0.4) is 0 Å². The molecule has 3 rings (SSSR count). The third-order valence-electron chi connectivity index (χ3n) is 5.70. The van der Waals surface area contributed by atoms with Crippen LogP contribution in [0.4, 0.5) is 0 Å². The predicted molar refractivity (Wildman–Crippen MR) is 99.4 cm³/mol. The van der Waals surface area contributed by atoms with E-state index in [9.17, 15) is 14.7 Å². The molecule has 7 nitrogen and oxygen atoms in total. The van der Waals surface area contributed by atoms with Crippen LogP contribution in [-0.2, 0) is 16.1 Å². The van der Waals surface area contributed by atoms with Gasteiger partial charge < -0.3 is 19.9 Å². The number of ether oxygens (including phenoxy) is 2. The normalized spacial score (nSPS) is 27.7. The molecule has 148 valence electrons. The van der Waals surface area contributed by atoms with Crippen molar-refractivity contribution in [1.82, 2.24) is 10.2 Å². The topological polar surface area (TPSA) is 88.1 Å². The number of hydrogen-bond donors (Lipinski definition) is 2. The average molecular weight is 376 g/mol. The van der Waals surface area contributed by atoms with E-state index >= 15 is 0 Å². The van der Waals surface area contributed by atoms with E-state index in [2.05, 4.69) is 10.2 Å². The number of likely N-dealkylation sites (tertiary alicyclic amines) is 1. The molecule has 2 N–H and O–H groups in total. The fourth-order valence-corrected chi connectivity index (χ4v) is 4.46. The minimum absolute atomic E-state index is 0.100. The Kier molecular flexibility index (Phi) is 6.01. The van der Waals surface area contributed by atoms with Crippen molar-refractivity contribution in [1.29, 1.82) is 0 Å². The second-order valence-electron chi connectivity index (χ2n) is 7.58. The minimum Gasteiger partial charge on any atom is -0.496 e. The molecule has 0 aromatic heterocycles. The number of fused-ring (bicyclic) bond motifs is 1. The van der Waals surface area contributed by atoms with Crippen molar-refractivity contribution in [3.8, 4) is 5.75 Å². The number of benzene rings is 1. The second-order valence-corrected chi connectivity index (χ2v) is 7.58. The van der Waals surface area contributed by atoms with Crippen LogP contribution >= 0.6 is 0 Å². The summed E-state index contributed by atoms with van der Waals surface area (Å²) in [5.41, 5.74) is 1.45. The van der Waals surface area contributed by atoms with Crippen molar-refractivity contribution in [3.05, 3.63) is 29.3 Å². The number of nitrogens with one attached hydrogen (secondary N) is 1. The Labute approximate surface area is 159 Å². The van der Waals surface area contributed by atoms with E-state index in [4.69, 9.17) is 9.47 Å². The number of nitrogens with zero attached hydrogens (tertiary/aromatic N) is 1. The molecule has 2 aliphatic rings. The Morgan fingerprint density at radius 3 is 2.56 bits per heavy atom. The Morgan fingerprint density at radius 1 is 1.22 bits per heavy atom. The highest BCUT2D eigenvalue weighted by Crippen LogP contribution is 2.37. The van der Waals surface area contributed by atoms with Gasteiger partial charge in [-0.3, -0.25) is 9.69 Å². The smallest absolute Gasteiger partial charge is 0.337 e. The molecular formula is C20H28N2O5. The maximum Gasteiger partial charge on any atom is 0.337 e. The molecule has 1 aromatic rings. The van der Waals surface area contributed by atoms with Crippen LogP contribution < -0.4 is 10.1 Å². The van der Waals surface area contributed by atoms with E-state index in [0.717, 1.165) is 30.8 Å². The lowest BCUT2D eigenvalue weighted by Crippen LogP contribution is -2.48. The number of amides is 1. The van der Waals surface area contributed by atoms with E-state index in [1.807, 2.05) is 6.07 Å². The Balaban J connectivity index is 1.69. The monoisotopic (exact) mass is 376 g/mol. The van der Waals surface area contributed by atoms with Crippen LogP contribution in [0.25, 0.3) is 0 Å². The molecule has 4 atom stereocenters. The molecule has 0 spiro atoms. The highest BCUT2D eigenvalue weighted by molar-refractivity contribution is 5.89. The van der Waals surface area contributed by atoms with Gasteiger partial charge in [0.1, 0.15) is 5.75 Å². The quantitative estimate of drug-likeness (QED) is 0.751. The summed E-state index contributed by atoms with van der Waals surface area (Å²) in [5, 5.41) is 13.2. The maximum absolute atomic E-state index is 11.8. The molecular weight excluding hydrogens is 348 g/mol. The first-order valence-electron chi connectivity index (χ1n) is 9.34. The zero-order valence-corrected chi connectivity index (χ0v) is 16.1. The summed E-state index contributed by atoms with van der Waals surface area (Å²) in [7, 11) is 2.99. The molecule has 1 amide bonds. The van der Waals surface area contributed by atoms with Crippen molar-refractivity contribution in [2.45, 2.75) is 38.5 Å². The molecule has 1 aliphatic carbocycles. The lowest BCUT2D eigenvalue weighted by Gasteiger charge is -2.35. The lowest BCUT2D eigenvalue weighted by molar-refractivity contribution is -0.121. The molecule has 1 saturated carbocycles. The Hall–Kier alpha value is -2.12. The number of aliphatic hydroxyl groups excluding tert-OH is 1. The van der Waals surface area contributed by atoms with Crippen LogP contribution in [-0.4, -0.2) is 61.3 Å². The van der Waals surface area contributed by atoms with Crippen molar-refractivity contribution >= 4 is 11.9 Å². The standard InChI is InChI=1S/C20H28N2O5/c1-12(23)21-17-7-14-9-22(10-15(14)8-18(17)24)11-16-6-13(20(25)27-3)4-5-19(16)26-2/h4-6,14-15,17-18,24H,7-11H2,1-3H3,(H,21,23)/t14-,15+,17-,18-/m1/s1. The number of rotatable bonds is 5. The SMILES string of the molecule is COC(=O)c1ccc(OC)c(CN2C[C@H]3C[C@@H](NC(C)=O)[C@H](O)C[C@H]3C2)c1. The summed E-state index contributed by atoms with van der Waals surface area (Å²) in [6, 6.07) is 5.15. The number of hydrogen-bond acceptors (Lipinski definition) is 6. The van der Waals surface area contributed by atoms with Crippen LogP contribution in [0, 0.1) is 11.8 Å². The minimum atomic E-state index is -0.493. The van der Waals surface area contributed by atoms with E-state index in [-0.39, 0.29) is 17.9 Å². The van der Waals surface area contributed by atoms with E-state index in [1.54, 1.807) is 19.2 Å². The van der Waals surface area contributed by atoms with E-state index in [1.165, 1.54) is 14.0 Å². The van der Waals surface area contributed by atoms with Crippen molar-refractivity contribution < 1.29 is 24.2 Å². The summed E-state index contributed by atoms with van der Waals surface area (Å²) in [6.45, 7) is 3.95. The van der Waals surface area contributed by atoms with Gasteiger partial charge in [0.15, 0.2) is 0 Å². The summed E-state index contributed by atoms with van der Waals surface area (Å²) < 4.78 is 10.3. The van der Waals surface area contributed by atoms with Gasteiger partial charge >= 0.3 is 5.97 Å². The highest BCUT2D eigenvalue weighted by atomic mass is 16.5. The van der Waals surface area contributed by atoms with Crippen LogP contribution in [0.15, 0.2) is 18.2 Å². The van der Waals surface area contributed by atoms with Gasteiger partial charge in [-0.1, -0.05) is 0 Å². The molecule has 7 heteroatoms. The van der Waals surface area contributed by atoms with Gasteiger partial charge in [-0.2, -0.15) is 0 Å². The zero-order valence-electron chi connectivity index (χ0n) is 16.1. The molecule has 1 aromatic carbocycles. The summed E-state index contributed by atoms with van der Waals surface area (Å²) in [6.07, 6.45) is 1.000. The first-order valence-corrected chi connectivity index (χ1v) is 9.34. The van der Waals surface area contributed by atoms with Crippen molar-refractivity contribution in [3.63, 3.8) is 0 Å².